The fraction of sp³-hybridized carbons (Fsp3) is 0.364. The maximum absolute atomic E-state index is 13.1. The second-order valence-electron chi connectivity index (χ2n) is 7.27. The highest BCUT2D eigenvalue weighted by atomic mass is 32.2. The molecule has 2 aromatic heterocycles. The van der Waals surface area contributed by atoms with Crippen LogP contribution in [0.2, 0.25) is 0 Å². The third kappa shape index (κ3) is 3.75. The van der Waals surface area contributed by atoms with Crippen LogP contribution in [0, 0.1) is 11.3 Å². The van der Waals surface area contributed by atoms with E-state index < -0.39 is 5.25 Å². The Kier molecular flexibility index (Phi) is 5.93. The number of para-hydroxylation sites is 2. The molecule has 1 aromatic carbocycles. The van der Waals surface area contributed by atoms with Crippen LogP contribution in [0.1, 0.15) is 53.9 Å². The van der Waals surface area contributed by atoms with Crippen molar-refractivity contribution in [1.29, 1.82) is 5.26 Å². The first kappa shape index (κ1) is 20.6. The number of thioether (sulfide) groups is 1. The van der Waals surface area contributed by atoms with E-state index in [0.29, 0.717) is 22.1 Å². The van der Waals surface area contributed by atoms with Gasteiger partial charge in [0.25, 0.3) is 0 Å². The van der Waals surface area contributed by atoms with Crippen LogP contribution in [0.3, 0.4) is 0 Å². The van der Waals surface area contributed by atoms with Crippen molar-refractivity contribution in [2.24, 2.45) is 0 Å². The molecule has 0 saturated carbocycles. The molecule has 0 spiro atoms. The Labute approximate surface area is 183 Å². The number of nitriles is 1. The summed E-state index contributed by atoms with van der Waals surface area (Å²) >= 11 is 2.81. The summed E-state index contributed by atoms with van der Waals surface area (Å²) in [6, 6.07) is 9.73. The van der Waals surface area contributed by atoms with Crippen molar-refractivity contribution in [3.8, 4) is 6.07 Å². The summed E-state index contributed by atoms with van der Waals surface area (Å²) in [5.74, 6) is -0.307. The monoisotopic (exact) mass is 438 g/mol. The lowest BCUT2D eigenvalue weighted by Crippen LogP contribution is -2.25. The number of anilines is 1. The molecule has 0 fully saturated rings. The Hall–Kier alpha value is -2.63. The zero-order chi connectivity index (χ0) is 21.3. The molecule has 0 unspecified atom stereocenters. The topological polar surface area (TPSA) is 87.8 Å². The van der Waals surface area contributed by atoms with E-state index in [4.69, 9.17) is 0 Å². The Balaban J connectivity index is 1.60. The summed E-state index contributed by atoms with van der Waals surface area (Å²) < 4.78 is 1.56. The Morgan fingerprint density at radius 3 is 2.83 bits per heavy atom. The Morgan fingerprint density at radius 2 is 2.10 bits per heavy atom. The molecule has 6 nitrogen and oxygen atoms in total. The highest BCUT2D eigenvalue weighted by Crippen LogP contribution is 2.38. The fourth-order valence-electron chi connectivity index (χ4n) is 3.80. The van der Waals surface area contributed by atoms with Crippen molar-refractivity contribution >= 4 is 50.9 Å². The molecule has 1 N–H and O–H groups in total. The molecule has 1 amide bonds. The van der Waals surface area contributed by atoms with Crippen LogP contribution in [0.15, 0.2) is 29.4 Å². The number of hydrogen-bond donors (Lipinski definition) is 1. The highest BCUT2D eigenvalue weighted by Gasteiger charge is 2.26. The smallest absolute Gasteiger partial charge is 0.238 e. The minimum Gasteiger partial charge on any atom is -0.316 e. The number of carbonyl (C=O) groups is 2. The van der Waals surface area contributed by atoms with Gasteiger partial charge in [0.15, 0.2) is 5.16 Å². The van der Waals surface area contributed by atoms with Crippen LogP contribution in [0.4, 0.5) is 5.00 Å². The van der Waals surface area contributed by atoms with Gasteiger partial charge in [-0.05, 0) is 49.8 Å². The molecule has 4 rings (SSSR count). The number of rotatable bonds is 5. The van der Waals surface area contributed by atoms with E-state index in [1.807, 2.05) is 31.2 Å². The summed E-state index contributed by atoms with van der Waals surface area (Å²) in [5, 5.41) is 13.4. The van der Waals surface area contributed by atoms with E-state index in [1.54, 1.807) is 4.57 Å². The molecule has 3 aromatic rings. The molecular weight excluding hydrogens is 416 g/mol. The van der Waals surface area contributed by atoms with E-state index in [-0.39, 0.29) is 11.8 Å². The number of nitrogens with zero attached hydrogens (tertiary/aromatic N) is 3. The molecule has 0 aliphatic heterocycles. The van der Waals surface area contributed by atoms with Crippen LogP contribution in [0.5, 0.6) is 0 Å². The molecule has 1 aliphatic carbocycles. The lowest BCUT2D eigenvalue weighted by Gasteiger charge is -2.14. The van der Waals surface area contributed by atoms with E-state index >= 15 is 0 Å². The first-order chi connectivity index (χ1) is 14.5. The predicted octanol–water partition coefficient (Wildman–Crippen LogP) is 5.02. The average molecular weight is 439 g/mol. The maximum Gasteiger partial charge on any atom is 0.238 e. The van der Waals surface area contributed by atoms with Crippen molar-refractivity contribution in [1.82, 2.24) is 9.55 Å². The number of benzene rings is 1. The first-order valence-electron chi connectivity index (χ1n) is 10.0. The summed E-state index contributed by atoms with van der Waals surface area (Å²) in [5.41, 5.74) is 3.17. The molecule has 2 heterocycles. The average Bonchev–Trinajstić information content (AvgIpc) is 3.28. The summed E-state index contributed by atoms with van der Waals surface area (Å²) in [7, 11) is 0. The highest BCUT2D eigenvalue weighted by molar-refractivity contribution is 8.00. The number of carbonyl (C=O) groups excluding carboxylic acids is 2. The molecule has 8 heteroatoms. The van der Waals surface area contributed by atoms with Gasteiger partial charge >= 0.3 is 0 Å². The molecule has 154 valence electrons. The van der Waals surface area contributed by atoms with Gasteiger partial charge in [-0.2, -0.15) is 5.26 Å². The number of amides is 1. The number of aromatic nitrogens is 2. The normalized spacial score (nSPS) is 14.2. The lowest BCUT2D eigenvalue weighted by atomic mass is 9.96. The second kappa shape index (κ2) is 8.62. The van der Waals surface area contributed by atoms with Gasteiger partial charge in [0, 0.05) is 11.8 Å². The summed E-state index contributed by atoms with van der Waals surface area (Å²) in [6.45, 7) is 3.43. The lowest BCUT2D eigenvalue weighted by molar-refractivity contribution is -0.115. The van der Waals surface area contributed by atoms with Crippen LogP contribution < -0.4 is 5.32 Å². The molecule has 0 radical (unpaired) electrons. The minimum absolute atomic E-state index is 0.140. The minimum atomic E-state index is -0.425. The predicted molar refractivity (Wildman–Crippen MR) is 120 cm³/mol. The van der Waals surface area contributed by atoms with Gasteiger partial charge < -0.3 is 5.32 Å². The summed E-state index contributed by atoms with van der Waals surface area (Å²) in [6.07, 6.45) is 4.66. The van der Waals surface area contributed by atoms with Gasteiger partial charge in [-0.1, -0.05) is 30.8 Å². The standard InChI is InChI=1S/C22H22N4O2S2/c1-3-18(30-22-24-16-9-5-6-10-17(16)26(22)13(2)27)20(28)25-21-15(12-23)14-8-4-7-11-19(14)29-21/h5-6,9-10,18H,3-4,7-8,11H2,1-2H3,(H,25,28)/t18-/m1/s1. The third-order valence-electron chi connectivity index (χ3n) is 5.28. The molecule has 1 aliphatic rings. The van der Waals surface area contributed by atoms with Gasteiger partial charge in [-0.15, -0.1) is 11.3 Å². The van der Waals surface area contributed by atoms with Gasteiger partial charge in [0.1, 0.15) is 11.1 Å². The Morgan fingerprint density at radius 1 is 1.33 bits per heavy atom. The number of thiophene rings is 1. The third-order valence-corrected chi connectivity index (χ3v) is 7.80. The quantitative estimate of drug-likeness (QED) is 0.565. The van der Waals surface area contributed by atoms with E-state index in [1.165, 1.54) is 34.9 Å². The van der Waals surface area contributed by atoms with Gasteiger partial charge in [-0.25, -0.2) is 4.98 Å². The summed E-state index contributed by atoms with van der Waals surface area (Å²) in [4.78, 5) is 31.1. The SMILES string of the molecule is CC[C@@H](Sc1nc2ccccc2n1C(C)=O)C(=O)Nc1sc2c(c1C#N)CCCC2. The van der Waals surface area contributed by atoms with Gasteiger partial charge in [0.05, 0.1) is 21.8 Å². The zero-order valence-electron chi connectivity index (χ0n) is 16.9. The molecule has 1 atom stereocenters. The van der Waals surface area contributed by atoms with E-state index in [2.05, 4.69) is 16.4 Å². The first-order valence-corrected chi connectivity index (χ1v) is 11.7. The largest absolute Gasteiger partial charge is 0.316 e. The number of imidazole rings is 1. The number of hydrogen-bond acceptors (Lipinski definition) is 6. The van der Waals surface area contributed by atoms with Crippen molar-refractivity contribution in [3.63, 3.8) is 0 Å². The zero-order valence-corrected chi connectivity index (χ0v) is 18.5. The Bertz CT molecular complexity index is 1170. The van der Waals surface area contributed by atoms with Crippen LogP contribution in [0.25, 0.3) is 11.0 Å². The number of aryl methyl sites for hydroxylation is 1. The molecule has 30 heavy (non-hydrogen) atoms. The van der Waals surface area contributed by atoms with Crippen molar-refractivity contribution in [2.45, 2.75) is 56.4 Å². The van der Waals surface area contributed by atoms with E-state index in [0.717, 1.165) is 42.3 Å². The van der Waals surface area contributed by atoms with Gasteiger partial charge in [-0.3, -0.25) is 14.2 Å². The number of fused-ring (bicyclic) bond motifs is 2. The van der Waals surface area contributed by atoms with Crippen LogP contribution in [-0.4, -0.2) is 26.6 Å². The van der Waals surface area contributed by atoms with E-state index in [9.17, 15) is 14.9 Å². The van der Waals surface area contributed by atoms with Crippen LogP contribution in [-0.2, 0) is 17.6 Å². The molecular formula is C22H22N4O2S2. The van der Waals surface area contributed by atoms with Crippen molar-refractivity contribution < 1.29 is 9.59 Å². The maximum atomic E-state index is 13.1. The van der Waals surface area contributed by atoms with Crippen molar-refractivity contribution in [2.75, 3.05) is 5.32 Å². The van der Waals surface area contributed by atoms with Crippen molar-refractivity contribution in [3.05, 3.63) is 40.3 Å². The molecule has 0 saturated heterocycles. The van der Waals surface area contributed by atoms with Gasteiger partial charge in [0.2, 0.25) is 11.8 Å². The second-order valence-corrected chi connectivity index (χ2v) is 9.54. The number of nitrogens with one attached hydrogen (secondary N) is 1. The van der Waals surface area contributed by atoms with Crippen LogP contribution >= 0.6 is 23.1 Å². The fourth-order valence-corrected chi connectivity index (χ4v) is 6.11. The molecule has 0 bridgehead atoms.